The number of esters is 2. The molecule has 0 bridgehead atoms. The lowest BCUT2D eigenvalue weighted by molar-refractivity contribution is -0.161. The maximum absolute atomic E-state index is 12.3. The Morgan fingerprint density at radius 1 is 0.312 bits per heavy atom. The van der Waals surface area contributed by atoms with Gasteiger partial charge in [-0.2, -0.15) is 0 Å². The molecule has 0 radical (unpaired) electrons. The van der Waals surface area contributed by atoms with E-state index in [4.69, 9.17) is 9.47 Å². The standard InChI is InChI=1S/C72H122O5/c1-3-5-7-9-11-13-15-17-19-21-23-25-27-29-31-33-35-36-37-39-41-43-45-47-49-51-53-55-57-59-61-63-65-67-72(75)77-70(68-73)69-76-71(74)66-64-62-60-58-56-54-52-50-48-46-44-42-40-38-34-32-30-28-26-24-22-20-18-16-14-12-10-8-6-4-2/h5,7,11,13,17,19,23,25,29,31,35-36,39,41,45,47,51,53,57,59,70,73H,3-4,6,8-10,12,14-16,18,20-22,24,26-28,30,32-34,37-38,40,42-44,46,48-50,52,54-56,58,60-69H2,1-2H3/b7-5-,13-11-,19-17-,25-23-,31-29-,36-35-,41-39-,47-45-,53-51-,59-57-. The van der Waals surface area contributed by atoms with E-state index in [0.717, 1.165) is 103 Å². The van der Waals surface area contributed by atoms with E-state index < -0.39 is 6.10 Å². The Morgan fingerprint density at radius 2 is 0.558 bits per heavy atom. The number of carbonyl (C=O) groups excluding carboxylic acids is 2. The lowest BCUT2D eigenvalue weighted by Crippen LogP contribution is -2.28. The Hall–Kier alpha value is -3.70. The first-order valence-electron chi connectivity index (χ1n) is 32.6. The molecule has 0 aliphatic heterocycles. The average Bonchev–Trinajstić information content (AvgIpc) is 3.43. The minimum atomic E-state index is -0.804. The Labute approximate surface area is 477 Å². The van der Waals surface area contributed by atoms with E-state index in [1.807, 2.05) is 0 Å². The molecule has 77 heavy (non-hydrogen) atoms. The van der Waals surface area contributed by atoms with Gasteiger partial charge in [-0.3, -0.25) is 9.59 Å². The van der Waals surface area contributed by atoms with Crippen LogP contribution < -0.4 is 0 Å². The first-order chi connectivity index (χ1) is 38.1. The lowest BCUT2D eigenvalue weighted by Gasteiger charge is -2.15. The van der Waals surface area contributed by atoms with Crippen LogP contribution in [0.15, 0.2) is 122 Å². The molecule has 440 valence electrons. The van der Waals surface area contributed by atoms with Crippen LogP contribution in [0.2, 0.25) is 0 Å². The van der Waals surface area contributed by atoms with E-state index in [0.29, 0.717) is 12.8 Å². The number of rotatable bonds is 59. The number of allylic oxidation sites excluding steroid dienone is 20. The number of ether oxygens (including phenoxy) is 2. The smallest absolute Gasteiger partial charge is 0.306 e. The minimum absolute atomic E-state index is 0.0878. The quantitative estimate of drug-likeness (QED) is 0.0373. The van der Waals surface area contributed by atoms with Gasteiger partial charge in [-0.05, 0) is 89.9 Å². The van der Waals surface area contributed by atoms with Gasteiger partial charge in [-0.1, -0.05) is 322 Å². The Balaban J connectivity index is 3.57. The molecule has 0 aliphatic rings. The van der Waals surface area contributed by atoms with Gasteiger partial charge in [0.05, 0.1) is 6.61 Å². The van der Waals surface area contributed by atoms with Gasteiger partial charge >= 0.3 is 11.9 Å². The lowest BCUT2D eigenvalue weighted by atomic mass is 10.0. The molecule has 0 aliphatic carbocycles. The van der Waals surface area contributed by atoms with Crippen molar-refractivity contribution in [2.45, 2.75) is 309 Å². The molecule has 0 amide bonds. The SMILES string of the molecule is CC/C=C\C/C=C\C/C=C\C/C=C\C/C=C\C/C=C\C/C=C\C/C=C\C/C=C\C/C=C\CCCCC(=O)OC(CO)COC(=O)CCCCCCCCCCCCCCCCCCCCCCCCCCCCCCCC. The fourth-order valence-electron chi connectivity index (χ4n) is 9.17. The van der Waals surface area contributed by atoms with Crippen LogP contribution in [0.3, 0.4) is 0 Å². The van der Waals surface area contributed by atoms with Crippen molar-refractivity contribution in [3.63, 3.8) is 0 Å². The highest BCUT2D eigenvalue weighted by atomic mass is 16.6. The van der Waals surface area contributed by atoms with Gasteiger partial charge < -0.3 is 14.6 Å². The average molecular weight is 1070 g/mol. The summed E-state index contributed by atoms with van der Waals surface area (Å²) < 4.78 is 10.7. The number of aliphatic hydroxyl groups is 1. The van der Waals surface area contributed by atoms with Gasteiger partial charge in [-0.25, -0.2) is 0 Å². The van der Waals surface area contributed by atoms with Crippen LogP contribution >= 0.6 is 0 Å². The summed E-state index contributed by atoms with van der Waals surface area (Å²) in [6.45, 7) is 4.02. The summed E-state index contributed by atoms with van der Waals surface area (Å²) in [6.07, 6.45) is 97.8. The molecule has 0 aromatic rings. The topological polar surface area (TPSA) is 72.8 Å². The minimum Gasteiger partial charge on any atom is -0.462 e. The van der Waals surface area contributed by atoms with Gasteiger partial charge in [0.25, 0.3) is 0 Å². The maximum atomic E-state index is 12.3. The molecule has 0 saturated heterocycles. The third kappa shape index (κ3) is 64.7. The normalized spacial score (nSPS) is 13.0. The number of hydrogen-bond donors (Lipinski definition) is 1. The molecule has 1 atom stereocenters. The van der Waals surface area contributed by atoms with Crippen molar-refractivity contribution in [1.82, 2.24) is 0 Å². The Morgan fingerprint density at radius 3 is 0.844 bits per heavy atom. The van der Waals surface area contributed by atoms with Gasteiger partial charge in [-0.15, -0.1) is 0 Å². The van der Waals surface area contributed by atoms with Crippen LogP contribution in [-0.4, -0.2) is 36.4 Å². The van der Waals surface area contributed by atoms with Gasteiger partial charge in [0, 0.05) is 12.8 Å². The van der Waals surface area contributed by atoms with Crippen molar-refractivity contribution in [1.29, 1.82) is 0 Å². The fraction of sp³-hybridized carbons (Fsp3) is 0.694. The van der Waals surface area contributed by atoms with Crippen LogP contribution in [0.25, 0.3) is 0 Å². The summed E-state index contributed by atoms with van der Waals surface area (Å²) in [5.41, 5.74) is 0. The van der Waals surface area contributed by atoms with E-state index in [2.05, 4.69) is 135 Å². The fourth-order valence-corrected chi connectivity index (χ4v) is 9.17. The number of hydrogen-bond acceptors (Lipinski definition) is 5. The molecule has 0 rings (SSSR count). The molecular weight excluding hydrogens is 945 g/mol. The number of unbranched alkanes of at least 4 members (excludes halogenated alkanes) is 31. The van der Waals surface area contributed by atoms with E-state index in [9.17, 15) is 14.7 Å². The zero-order valence-corrected chi connectivity index (χ0v) is 50.4. The third-order valence-electron chi connectivity index (χ3n) is 14.0. The molecule has 1 unspecified atom stereocenters. The number of aliphatic hydroxyl groups excluding tert-OH is 1. The van der Waals surface area contributed by atoms with Crippen LogP contribution in [0.1, 0.15) is 303 Å². The molecule has 5 nitrogen and oxygen atoms in total. The van der Waals surface area contributed by atoms with Crippen molar-refractivity contribution >= 4 is 11.9 Å². The van der Waals surface area contributed by atoms with Crippen molar-refractivity contribution in [2.75, 3.05) is 13.2 Å². The third-order valence-corrected chi connectivity index (χ3v) is 14.0. The molecule has 0 aromatic carbocycles. The van der Waals surface area contributed by atoms with E-state index in [-0.39, 0.29) is 25.2 Å². The molecule has 0 spiro atoms. The summed E-state index contributed by atoms with van der Waals surface area (Å²) in [7, 11) is 0. The molecular formula is C72H122O5. The summed E-state index contributed by atoms with van der Waals surface area (Å²) in [5.74, 6) is -0.638. The summed E-state index contributed by atoms with van der Waals surface area (Å²) in [4.78, 5) is 24.6. The zero-order chi connectivity index (χ0) is 55.5. The van der Waals surface area contributed by atoms with E-state index in [1.54, 1.807) is 0 Å². The van der Waals surface area contributed by atoms with Crippen LogP contribution in [-0.2, 0) is 19.1 Å². The molecule has 0 aromatic heterocycles. The van der Waals surface area contributed by atoms with E-state index >= 15 is 0 Å². The van der Waals surface area contributed by atoms with Crippen LogP contribution in [0, 0.1) is 0 Å². The second kappa shape index (κ2) is 66.6. The van der Waals surface area contributed by atoms with Crippen LogP contribution in [0.5, 0.6) is 0 Å². The van der Waals surface area contributed by atoms with Crippen molar-refractivity contribution in [3.8, 4) is 0 Å². The van der Waals surface area contributed by atoms with Gasteiger partial charge in [0.2, 0.25) is 0 Å². The monoisotopic (exact) mass is 1070 g/mol. The molecule has 1 N–H and O–H groups in total. The van der Waals surface area contributed by atoms with E-state index in [1.165, 1.54) is 173 Å². The Bertz CT molecular complexity index is 1540. The highest BCUT2D eigenvalue weighted by Gasteiger charge is 2.16. The highest BCUT2D eigenvalue weighted by molar-refractivity contribution is 5.70. The second-order valence-electron chi connectivity index (χ2n) is 21.5. The predicted molar refractivity (Wildman–Crippen MR) is 338 cm³/mol. The van der Waals surface area contributed by atoms with Crippen molar-refractivity contribution < 1.29 is 24.2 Å². The van der Waals surface area contributed by atoms with Gasteiger partial charge in [0.1, 0.15) is 6.61 Å². The molecule has 0 heterocycles. The predicted octanol–water partition coefficient (Wildman–Crippen LogP) is 22.6. The van der Waals surface area contributed by atoms with Crippen molar-refractivity contribution in [3.05, 3.63) is 122 Å². The largest absolute Gasteiger partial charge is 0.462 e. The second-order valence-corrected chi connectivity index (χ2v) is 21.5. The molecule has 5 heteroatoms. The number of carbonyl (C=O) groups is 2. The first kappa shape index (κ1) is 73.3. The van der Waals surface area contributed by atoms with Gasteiger partial charge in [0.15, 0.2) is 6.10 Å². The zero-order valence-electron chi connectivity index (χ0n) is 50.4. The summed E-state index contributed by atoms with van der Waals surface area (Å²) >= 11 is 0. The molecule has 0 saturated carbocycles. The molecule has 0 fully saturated rings. The van der Waals surface area contributed by atoms with Crippen molar-refractivity contribution in [2.24, 2.45) is 0 Å². The summed E-state index contributed by atoms with van der Waals surface area (Å²) in [6, 6.07) is 0. The summed E-state index contributed by atoms with van der Waals surface area (Å²) in [5, 5.41) is 9.68. The van der Waals surface area contributed by atoms with Crippen LogP contribution in [0.4, 0.5) is 0 Å². The highest BCUT2D eigenvalue weighted by Crippen LogP contribution is 2.17. The first-order valence-corrected chi connectivity index (χ1v) is 32.6. The Kier molecular flexibility index (Phi) is 63.4. The maximum Gasteiger partial charge on any atom is 0.306 e.